The van der Waals surface area contributed by atoms with E-state index < -0.39 is 0 Å². The Bertz CT molecular complexity index is 605. The van der Waals surface area contributed by atoms with Crippen LogP contribution in [0.2, 0.25) is 0 Å². The maximum absolute atomic E-state index is 12.6. The molecule has 0 aliphatic rings. The summed E-state index contributed by atoms with van der Waals surface area (Å²) in [7, 11) is 5.47. The first-order valence-corrected chi connectivity index (χ1v) is 6.90. The van der Waals surface area contributed by atoms with Gasteiger partial charge in [0.05, 0.1) is 25.5 Å². The number of carbonyl (C=O) groups excluding carboxylic acids is 1. The third kappa shape index (κ3) is 2.86. The Kier molecular flexibility index (Phi) is 4.46. The highest BCUT2D eigenvalue weighted by Gasteiger charge is 2.24. The number of rotatable bonds is 6. The molecule has 0 amide bonds. The van der Waals surface area contributed by atoms with E-state index in [2.05, 4.69) is 14.7 Å². The maximum atomic E-state index is 12.6. The number of aromatic nitrogens is 4. The first kappa shape index (κ1) is 14.6. The molecular formula is C12H17N5O2S. The minimum absolute atomic E-state index is 0.148. The van der Waals surface area contributed by atoms with Crippen LogP contribution in [0.15, 0.2) is 6.20 Å². The van der Waals surface area contributed by atoms with Crippen LogP contribution in [-0.4, -0.2) is 57.8 Å². The molecule has 2 aromatic rings. The molecule has 0 aliphatic carbocycles. The Labute approximate surface area is 121 Å². The molecule has 0 aliphatic heterocycles. The van der Waals surface area contributed by atoms with Gasteiger partial charge in [-0.3, -0.25) is 9.48 Å². The molecule has 8 heteroatoms. The van der Waals surface area contributed by atoms with Crippen molar-refractivity contribution in [3.63, 3.8) is 0 Å². The Morgan fingerprint density at radius 1 is 1.50 bits per heavy atom. The van der Waals surface area contributed by atoms with E-state index in [4.69, 9.17) is 4.74 Å². The molecule has 0 atom stereocenters. The number of carbonyl (C=O) groups is 1. The lowest BCUT2D eigenvalue weighted by atomic mass is 10.2. The molecular weight excluding hydrogens is 278 g/mol. The summed E-state index contributed by atoms with van der Waals surface area (Å²) in [5.41, 5.74) is 1.07. The average Bonchev–Trinajstić information content (AvgIpc) is 3.01. The van der Waals surface area contributed by atoms with Crippen molar-refractivity contribution < 1.29 is 9.53 Å². The van der Waals surface area contributed by atoms with Crippen molar-refractivity contribution in [2.45, 2.75) is 13.5 Å². The van der Waals surface area contributed by atoms with Crippen LogP contribution in [0.5, 0.6) is 5.75 Å². The largest absolute Gasteiger partial charge is 0.493 e. The molecule has 108 valence electrons. The van der Waals surface area contributed by atoms with Gasteiger partial charge < -0.3 is 9.64 Å². The molecule has 0 saturated heterocycles. The van der Waals surface area contributed by atoms with Crippen LogP contribution in [0.1, 0.15) is 21.1 Å². The van der Waals surface area contributed by atoms with Gasteiger partial charge in [0.25, 0.3) is 0 Å². The fourth-order valence-electron chi connectivity index (χ4n) is 1.76. The van der Waals surface area contributed by atoms with Gasteiger partial charge in [-0.15, -0.1) is 5.10 Å². The van der Waals surface area contributed by atoms with Crippen molar-refractivity contribution in [3.05, 3.63) is 22.5 Å². The van der Waals surface area contributed by atoms with E-state index in [1.165, 1.54) is 7.11 Å². The van der Waals surface area contributed by atoms with Crippen LogP contribution < -0.4 is 4.74 Å². The summed E-state index contributed by atoms with van der Waals surface area (Å²) in [5.74, 6) is 0.326. The van der Waals surface area contributed by atoms with E-state index in [0.29, 0.717) is 28.6 Å². The normalized spacial score (nSPS) is 11.1. The number of ketones is 1. The van der Waals surface area contributed by atoms with Crippen LogP contribution in [0.4, 0.5) is 0 Å². The number of hydrogen-bond acceptors (Lipinski definition) is 7. The topological polar surface area (TPSA) is 73.1 Å². The summed E-state index contributed by atoms with van der Waals surface area (Å²) in [5, 5.41) is 8.10. The van der Waals surface area contributed by atoms with Gasteiger partial charge in [0, 0.05) is 6.54 Å². The summed E-state index contributed by atoms with van der Waals surface area (Å²) >= 11 is 1.09. The van der Waals surface area contributed by atoms with Crippen LogP contribution in [0.3, 0.4) is 0 Å². The van der Waals surface area contributed by atoms with E-state index in [0.717, 1.165) is 18.1 Å². The molecule has 0 spiro atoms. The average molecular weight is 295 g/mol. The number of nitrogens with zero attached hydrogens (tertiary/aromatic N) is 5. The van der Waals surface area contributed by atoms with Crippen molar-refractivity contribution in [1.29, 1.82) is 0 Å². The monoisotopic (exact) mass is 295 g/mol. The summed E-state index contributed by atoms with van der Waals surface area (Å²) in [6.07, 6.45) is 1.56. The standard InChI is InChI=1S/C12H17N5O2S/c1-8-12(20-15-14-8)11(18)10-9(19-4)7-13-17(10)6-5-16(2)3/h7H,5-6H2,1-4H3. The van der Waals surface area contributed by atoms with Crippen molar-refractivity contribution in [3.8, 4) is 5.75 Å². The van der Waals surface area contributed by atoms with Gasteiger partial charge in [0.1, 0.15) is 4.88 Å². The molecule has 2 heterocycles. The Balaban J connectivity index is 2.36. The fraction of sp³-hybridized carbons (Fsp3) is 0.500. The second kappa shape index (κ2) is 6.10. The van der Waals surface area contributed by atoms with Gasteiger partial charge in [-0.1, -0.05) is 4.49 Å². The highest BCUT2D eigenvalue weighted by Crippen LogP contribution is 2.23. The molecule has 0 bridgehead atoms. The third-order valence-corrected chi connectivity index (χ3v) is 3.68. The van der Waals surface area contributed by atoms with Crippen molar-refractivity contribution in [2.24, 2.45) is 0 Å². The number of hydrogen-bond donors (Lipinski definition) is 0. The van der Waals surface area contributed by atoms with Crippen molar-refractivity contribution in [2.75, 3.05) is 27.7 Å². The van der Waals surface area contributed by atoms with Gasteiger partial charge in [-0.25, -0.2) is 0 Å². The SMILES string of the molecule is COc1cnn(CCN(C)C)c1C(=O)c1snnc1C. The highest BCUT2D eigenvalue weighted by atomic mass is 32.1. The Morgan fingerprint density at radius 3 is 2.80 bits per heavy atom. The van der Waals surface area contributed by atoms with Gasteiger partial charge in [-0.2, -0.15) is 5.10 Å². The minimum Gasteiger partial charge on any atom is -0.493 e. The summed E-state index contributed by atoms with van der Waals surface area (Å²) in [6.45, 7) is 3.16. The van der Waals surface area contributed by atoms with E-state index in [-0.39, 0.29) is 5.78 Å². The molecule has 2 aromatic heterocycles. The molecule has 0 fully saturated rings. The zero-order valence-electron chi connectivity index (χ0n) is 12.0. The van der Waals surface area contributed by atoms with Crippen molar-refractivity contribution >= 4 is 17.3 Å². The Morgan fingerprint density at radius 2 is 2.25 bits per heavy atom. The van der Waals surface area contributed by atoms with E-state index in [1.807, 2.05) is 19.0 Å². The first-order valence-electron chi connectivity index (χ1n) is 6.12. The molecule has 0 N–H and O–H groups in total. The number of methoxy groups -OCH3 is 1. The summed E-state index contributed by atoms with van der Waals surface area (Å²) in [4.78, 5) is 15.2. The number of ether oxygens (including phenoxy) is 1. The lowest BCUT2D eigenvalue weighted by molar-refractivity contribution is 0.102. The first-order chi connectivity index (χ1) is 9.54. The third-order valence-electron chi connectivity index (χ3n) is 2.86. The van der Waals surface area contributed by atoms with Gasteiger partial charge in [0.2, 0.25) is 5.78 Å². The van der Waals surface area contributed by atoms with E-state index in [9.17, 15) is 4.79 Å². The summed E-state index contributed by atoms with van der Waals surface area (Å²) < 4.78 is 10.7. The Hall–Kier alpha value is -1.80. The number of likely N-dealkylation sites (N-methyl/N-ethyl adjacent to an activating group) is 1. The van der Waals surface area contributed by atoms with Gasteiger partial charge >= 0.3 is 0 Å². The lowest BCUT2D eigenvalue weighted by Gasteiger charge is -2.11. The van der Waals surface area contributed by atoms with Crippen LogP contribution in [0, 0.1) is 6.92 Å². The summed E-state index contributed by atoms with van der Waals surface area (Å²) in [6, 6.07) is 0. The van der Waals surface area contributed by atoms with Crippen LogP contribution in [-0.2, 0) is 6.54 Å². The van der Waals surface area contributed by atoms with Crippen LogP contribution in [0.25, 0.3) is 0 Å². The lowest BCUT2D eigenvalue weighted by Crippen LogP contribution is -2.21. The van der Waals surface area contributed by atoms with Crippen molar-refractivity contribution in [1.82, 2.24) is 24.3 Å². The molecule has 2 rings (SSSR count). The van der Waals surface area contributed by atoms with E-state index in [1.54, 1.807) is 17.8 Å². The minimum atomic E-state index is -0.148. The molecule has 0 unspecified atom stereocenters. The number of aryl methyl sites for hydroxylation is 1. The molecule has 7 nitrogen and oxygen atoms in total. The highest BCUT2D eigenvalue weighted by molar-refractivity contribution is 7.08. The quantitative estimate of drug-likeness (QED) is 0.735. The van der Waals surface area contributed by atoms with Gasteiger partial charge in [-0.05, 0) is 32.6 Å². The molecule has 0 radical (unpaired) electrons. The molecule has 0 saturated carbocycles. The molecule has 20 heavy (non-hydrogen) atoms. The van der Waals surface area contributed by atoms with Gasteiger partial charge in [0.15, 0.2) is 11.4 Å². The predicted molar refractivity (Wildman–Crippen MR) is 75.4 cm³/mol. The second-order valence-electron chi connectivity index (χ2n) is 4.60. The smallest absolute Gasteiger partial charge is 0.228 e. The second-order valence-corrected chi connectivity index (χ2v) is 5.36. The zero-order valence-corrected chi connectivity index (χ0v) is 12.8. The fourth-order valence-corrected chi connectivity index (χ4v) is 2.36. The predicted octanol–water partition coefficient (Wildman–Crippen LogP) is 0.844. The zero-order chi connectivity index (χ0) is 14.7. The molecule has 0 aromatic carbocycles. The maximum Gasteiger partial charge on any atom is 0.228 e. The van der Waals surface area contributed by atoms with Crippen LogP contribution >= 0.6 is 11.5 Å². The van der Waals surface area contributed by atoms with E-state index >= 15 is 0 Å².